The summed E-state index contributed by atoms with van der Waals surface area (Å²) in [6.07, 6.45) is -10.0. The summed E-state index contributed by atoms with van der Waals surface area (Å²) in [6.45, 7) is 0. The molecule has 47 heavy (non-hydrogen) atoms. The molecule has 0 radical (unpaired) electrons. The minimum absolute atomic E-state index is 0.110. The predicted octanol–water partition coefficient (Wildman–Crippen LogP) is 9.92. The van der Waals surface area contributed by atoms with Gasteiger partial charge < -0.3 is 0 Å². The van der Waals surface area contributed by atoms with Gasteiger partial charge in [-0.05, 0) is 30.3 Å². The number of hydrogen-bond donors (Lipinski definition) is 0. The number of aromatic nitrogens is 5. The molecule has 11 heteroatoms. The summed E-state index contributed by atoms with van der Waals surface area (Å²) in [5.74, 6) is 1.47. The molecule has 2 heterocycles. The molecule has 0 aliphatic rings. The lowest BCUT2D eigenvalue weighted by Crippen LogP contribution is -2.12. The second-order valence-corrected chi connectivity index (χ2v) is 10.6. The quantitative estimate of drug-likeness (QED) is 0.176. The molecular weight excluding hydrogens is 616 g/mol. The van der Waals surface area contributed by atoms with Crippen molar-refractivity contribution in [2.75, 3.05) is 0 Å². The van der Waals surface area contributed by atoms with Gasteiger partial charge in [-0.1, -0.05) is 97.1 Å². The molecule has 7 aromatic rings. The number of halogens is 6. The standard InChI is InChI=1S/C36H21F6N5/c37-35(38,39)26-19-27(36(40,41)42)21-28(20-26)47-30-14-8-7-13-29(30)43-34(47)25-17-15-24(16-18-25)33-45-31(22-9-3-1-4-10-22)44-32(46-33)23-11-5-2-6-12-23/h1-21H. The van der Waals surface area contributed by atoms with E-state index in [2.05, 4.69) is 9.97 Å². The van der Waals surface area contributed by atoms with Crippen LogP contribution in [0, 0.1) is 0 Å². The van der Waals surface area contributed by atoms with Gasteiger partial charge in [0.15, 0.2) is 17.5 Å². The predicted molar refractivity (Wildman–Crippen MR) is 166 cm³/mol. The zero-order valence-electron chi connectivity index (χ0n) is 24.1. The van der Waals surface area contributed by atoms with Gasteiger partial charge in [-0.25, -0.2) is 19.9 Å². The van der Waals surface area contributed by atoms with Crippen LogP contribution in [0.3, 0.4) is 0 Å². The van der Waals surface area contributed by atoms with E-state index in [4.69, 9.17) is 9.97 Å². The number of imidazole rings is 1. The summed E-state index contributed by atoms with van der Waals surface area (Å²) >= 11 is 0. The van der Waals surface area contributed by atoms with E-state index in [0.717, 1.165) is 11.1 Å². The van der Waals surface area contributed by atoms with Crippen molar-refractivity contribution in [2.45, 2.75) is 12.4 Å². The zero-order valence-corrected chi connectivity index (χ0v) is 24.1. The highest BCUT2D eigenvalue weighted by atomic mass is 19.4. The average Bonchev–Trinajstić information content (AvgIpc) is 3.48. The fourth-order valence-electron chi connectivity index (χ4n) is 5.25. The van der Waals surface area contributed by atoms with E-state index in [1.54, 1.807) is 48.5 Å². The Balaban J connectivity index is 1.37. The van der Waals surface area contributed by atoms with E-state index in [9.17, 15) is 26.3 Å². The van der Waals surface area contributed by atoms with E-state index < -0.39 is 23.5 Å². The van der Waals surface area contributed by atoms with Gasteiger partial charge >= 0.3 is 12.4 Å². The molecule has 2 aromatic heterocycles. The first-order chi connectivity index (χ1) is 22.5. The van der Waals surface area contributed by atoms with Gasteiger partial charge in [0, 0.05) is 27.9 Å². The summed E-state index contributed by atoms with van der Waals surface area (Å²) in [4.78, 5) is 18.7. The molecule has 0 aliphatic carbocycles. The summed E-state index contributed by atoms with van der Waals surface area (Å²) in [5.41, 5.74) is 0.238. The van der Waals surface area contributed by atoms with Crippen molar-refractivity contribution in [3.05, 3.63) is 139 Å². The molecule has 0 fully saturated rings. The van der Waals surface area contributed by atoms with Gasteiger partial charge in [-0.2, -0.15) is 26.3 Å². The summed E-state index contributed by atoms with van der Waals surface area (Å²) in [7, 11) is 0. The molecule has 5 aromatic carbocycles. The first-order valence-corrected chi connectivity index (χ1v) is 14.3. The highest BCUT2D eigenvalue weighted by Gasteiger charge is 2.37. The first-order valence-electron chi connectivity index (χ1n) is 14.3. The van der Waals surface area contributed by atoms with Crippen molar-refractivity contribution in [3.63, 3.8) is 0 Å². The zero-order chi connectivity index (χ0) is 32.8. The van der Waals surface area contributed by atoms with Crippen molar-refractivity contribution < 1.29 is 26.3 Å². The average molecular weight is 638 g/mol. The summed E-state index contributed by atoms with van der Waals surface area (Å²) in [5, 5.41) is 0. The Hall–Kier alpha value is -5.84. The SMILES string of the molecule is FC(F)(F)c1cc(-n2c(-c3ccc(-c4nc(-c5ccccc5)nc(-c5ccccc5)n4)cc3)nc3ccccc32)cc(C(F)(F)F)c1. The highest BCUT2D eigenvalue weighted by molar-refractivity contribution is 5.84. The molecule has 0 bridgehead atoms. The van der Waals surface area contributed by atoms with E-state index in [1.165, 1.54) is 4.57 Å². The van der Waals surface area contributed by atoms with Crippen LogP contribution in [-0.2, 0) is 12.4 Å². The lowest BCUT2D eigenvalue weighted by Gasteiger charge is -2.16. The third-order valence-electron chi connectivity index (χ3n) is 7.49. The maximum atomic E-state index is 13.8. The van der Waals surface area contributed by atoms with Gasteiger partial charge in [0.05, 0.1) is 22.2 Å². The number of nitrogens with zero attached hydrogens (tertiary/aromatic N) is 5. The number of hydrogen-bond acceptors (Lipinski definition) is 4. The Morgan fingerprint density at radius 1 is 0.426 bits per heavy atom. The number of benzene rings is 5. The van der Waals surface area contributed by atoms with Crippen LogP contribution in [-0.4, -0.2) is 24.5 Å². The number of alkyl halides is 6. The first kappa shape index (κ1) is 29.8. The molecule has 0 unspecified atom stereocenters. The Morgan fingerprint density at radius 3 is 1.34 bits per heavy atom. The molecule has 0 atom stereocenters. The molecule has 0 saturated carbocycles. The van der Waals surface area contributed by atoms with E-state index in [1.807, 2.05) is 60.7 Å². The van der Waals surface area contributed by atoms with Crippen molar-refractivity contribution in [2.24, 2.45) is 0 Å². The molecule has 232 valence electrons. The van der Waals surface area contributed by atoms with Crippen LogP contribution in [0.2, 0.25) is 0 Å². The normalized spacial score (nSPS) is 12.0. The fourth-order valence-corrected chi connectivity index (χ4v) is 5.25. The van der Waals surface area contributed by atoms with Crippen molar-refractivity contribution >= 4 is 11.0 Å². The number of rotatable bonds is 5. The molecular formula is C36H21F6N5. The Labute approximate surface area is 263 Å². The van der Waals surface area contributed by atoms with Crippen LogP contribution in [0.15, 0.2) is 127 Å². The van der Waals surface area contributed by atoms with Gasteiger partial charge in [0.2, 0.25) is 0 Å². The molecule has 0 spiro atoms. The van der Waals surface area contributed by atoms with Gasteiger partial charge in [0.25, 0.3) is 0 Å². The minimum atomic E-state index is -5.00. The third kappa shape index (κ3) is 5.95. The Kier molecular flexibility index (Phi) is 7.31. The molecule has 5 nitrogen and oxygen atoms in total. The van der Waals surface area contributed by atoms with Gasteiger partial charge in [-0.15, -0.1) is 0 Å². The molecule has 0 N–H and O–H groups in total. The molecule has 0 aliphatic heterocycles. The Bertz CT molecular complexity index is 2120. The van der Waals surface area contributed by atoms with Crippen LogP contribution >= 0.6 is 0 Å². The van der Waals surface area contributed by atoms with Crippen LogP contribution in [0.4, 0.5) is 26.3 Å². The number of para-hydroxylation sites is 2. The molecule has 0 saturated heterocycles. The van der Waals surface area contributed by atoms with Crippen LogP contribution in [0.1, 0.15) is 11.1 Å². The summed E-state index contributed by atoms with van der Waals surface area (Å²) < 4.78 is 84.0. The lowest BCUT2D eigenvalue weighted by atomic mass is 10.1. The monoisotopic (exact) mass is 637 g/mol. The second kappa shape index (κ2) is 11.5. The van der Waals surface area contributed by atoms with Gasteiger partial charge in [0.1, 0.15) is 5.82 Å². The number of fused-ring (bicyclic) bond motifs is 1. The minimum Gasteiger partial charge on any atom is -0.292 e. The van der Waals surface area contributed by atoms with Crippen molar-refractivity contribution in [1.29, 1.82) is 0 Å². The summed E-state index contributed by atoms with van der Waals surface area (Å²) in [6, 6.07) is 33.7. The maximum absolute atomic E-state index is 13.8. The lowest BCUT2D eigenvalue weighted by molar-refractivity contribution is -0.143. The Morgan fingerprint density at radius 2 is 0.851 bits per heavy atom. The maximum Gasteiger partial charge on any atom is 0.416 e. The smallest absolute Gasteiger partial charge is 0.292 e. The van der Waals surface area contributed by atoms with Crippen LogP contribution in [0.5, 0.6) is 0 Å². The fraction of sp³-hybridized carbons (Fsp3) is 0.0556. The van der Waals surface area contributed by atoms with E-state index in [-0.39, 0.29) is 17.6 Å². The topological polar surface area (TPSA) is 56.5 Å². The van der Waals surface area contributed by atoms with Crippen molar-refractivity contribution in [1.82, 2.24) is 24.5 Å². The largest absolute Gasteiger partial charge is 0.416 e. The van der Waals surface area contributed by atoms with Crippen molar-refractivity contribution in [3.8, 4) is 51.2 Å². The van der Waals surface area contributed by atoms with Crippen LogP contribution < -0.4 is 0 Å². The van der Waals surface area contributed by atoms with Gasteiger partial charge in [-0.3, -0.25) is 4.57 Å². The molecule has 0 amide bonds. The van der Waals surface area contributed by atoms with E-state index in [0.29, 0.717) is 51.8 Å². The highest BCUT2D eigenvalue weighted by Crippen LogP contribution is 2.39. The van der Waals surface area contributed by atoms with E-state index >= 15 is 0 Å². The second-order valence-electron chi connectivity index (χ2n) is 10.6. The molecule has 7 rings (SSSR count). The third-order valence-corrected chi connectivity index (χ3v) is 7.49. The van der Waals surface area contributed by atoms with Crippen LogP contribution in [0.25, 0.3) is 62.3 Å².